The van der Waals surface area contributed by atoms with Crippen LogP contribution in [0.4, 0.5) is 10.2 Å². The van der Waals surface area contributed by atoms with E-state index in [9.17, 15) is 9.18 Å². The Balaban J connectivity index is 1.36. The van der Waals surface area contributed by atoms with Gasteiger partial charge in [0, 0.05) is 16.2 Å². The van der Waals surface area contributed by atoms with Gasteiger partial charge in [-0.1, -0.05) is 39.7 Å². The lowest BCUT2D eigenvalue weighted by Gasteiger charge is -2.04. The van der Waals surface area contributed by atoms with Crippen LogP contribution in [0, 0.1) is 5.82 Å². The van der Waals surface area contributed by atoms with E-state index in [4.69, 9.17) is 16.3 Å². The summed E-state index contributed by atoms with van der Waals surface area (Å²) in [6.45, 7) is 0.810. The molecule has 158 valence electrons. The quantitative estimate of drug-likeness (QED) is 0.308. The summed E-state index contributed by atoms with van der Waals surface area (Å²) in [6, 6.07) is 15.4. The third-order valence-electron chi connectivity index (χ3n) is 4.30. The molecule has 0 spiro atoms. The summed E-state index contributed by atoms with van der Waals surface area (Å²) in [5.41, 5.74) is 1.90. The Labute approximate surface area is 195 Å². The molecule has 0 radical (unpaired) electrons. The van der Waals surface area contributed by atoms with Crippen molar-refractivity contribution in [3.05, 3.63) is 97.5 Å². The summed E-state index contributed by atoms with van der Waals surface area (Å²) >= 11 is 11.0. The van der Waals surface area contributed by atoms with Gasteiger partial charge in [-0.05, 0) is 53.4 Å². The summed E-state index contributed by atoms with van der Waals surface area (Å²) in [5, 5.41) is 9.33. The van der Waals surface area contributed by atoms with E-state index in [1.54, 1.807) is 29.1 Å². The molecule has 2 aromatic carbocycles. The Kier molecular flexibility index (Phi) is 6.70. The average molecular weight is 521 g/mol. The molecule has 0 aliphatic rings. The van der Waals surface area contributed by atoms with Crippen molar-refractivity contribution in [3.63, 3.8) is 0 Å². The Morgan fingerprint density at radius 2 is 1.90 bits per heavy atom. The lowest BCUT2D eigenvalue weighted by molar-refractivity contribution is 0.103. The number of carbonyl (C=O) groups is 1. The van der Waals surface area contributed by atoms with Crippen LogP contribution in [0.1, 0.15) is 20.8 Å². The van der Waals surface area contributed by atoms with Gasteiger partial charge < -0.3 is 10.1 Å². The first-order valence-corrected chi connectivity index (χ1v) is 11.3. The minimum atomic E-state index is -0.320. The summed E-state index contributed by atoms with van der Waals surface area (Å²) < 4.78 is 21.3. The van der Waals surface area contributed by atoms with Crippen LogP contribution in [0.15, 0.2) is 70.6 Å². The highest BCUT2D eigenvalue weighted by atomic mass is 79.9. The summed E-state index contributed by atoms with van der Waals surface area (Å²) in [6.07, 6.45) is 1.68. The third kappa shape index (κ3) is 5.72. The van der Waals surface area contributed by atoms with Crippen molar-refractivity contribution < 1.29 is 13.9 Å². The molecule has 0 fully saturated rings. The molecule has 0 aliphatic carbocycles. The van der Waals surface area contributed by atoms with Gasteiger partial charge in [-0.3, -0.25) is 9.48 Å². The summed E-state index contributed by atoms with van der Waals surface area (Å²) in [7, 11) is 0. The van der Waals surface area contributed by atoms with E-state index in [0.717, 1.165) is 15.6 Å². The highest BCUT2D eigenvalue weighted by Crippen LogP contribution is 2.23. The molecular formula is C22H16BrClFN3O2S. The smallest absolute Gasteiger partial charge is 0.266 e. The maximum Gasteiger partial charge on any atom is 0.266 e. The van der Waals surface area contributed by atoms with Gasteiger partial charge in [0.1, 0.15) is 23.2 Å². The maximum absolute atomic E-state index is 13.0. The molecule has 0 unspecified atom stereocenters. The predicted octanol–water partition coefficient (Wildman–Crippen LogP) is 6.38. The molecule has 5 nitrogen and oxygen atoms in total. The number of aromatic nitrogens is 2. The largest absolute Gasteiger partial charge is 0.489 e. The van der Waals surface area contributed by atoms with Gasteiger partial charge >= 0.3 is 0 Å². The number of nitrogens with zero attached hydrogens (tertiary/aromatic N) is 2. The van der Waals surface area contributed by atoms with Gasteiger partial charge in [0.05, 0.1) is 11.4 Å². The molecule has 2 heterocycles. The number of carbonyl (C=O) groups excluding carboxylic acids is 1. The zero-order valence-corrected chi connectivity index (χ0v) is 19.2. The van der Waals surface area contributed by atoms with E-state index in [1.165, 1.54) is 23.5 Å². The first kappa shape index (κ1) is 21.5. The zero-order chi connectivity index (χ0) is 21.8. The van der Waals surface area contributed by atoms with Crippen LogP contribution >= 0.6 is 38.9 Å². The SMILES string of the molecule is O=C(Nc1nn(Cc2ccc(Br)cc2)cc1Cl)c1cc(COc2ccc(F)cc2)cs1. The molecule has 2 aromatic heterocycles. The number of amides is 1. The van der Waals surface area contributed by atoms with Crippen molar-refractivity contribution in [2.24, 2.45) is 0 Å². The van der Waals surface area contributed by atoms with E-state index in [-0.39, 0.29) is 18.3 Å². The highest BCUT2D eigenvalue weighted by molar-refractivity contribution is 9.10. The molecule has 0 aliphatic heterocycles. The monoisotopic (exact) mass is 519 g/mol. The highest BCUT2D eigenvalue weighted by Gasteiger charge is 2.15. The van der Waals surface area contributed by atoms with Gasteiger partial charge in [0.15, 0.2) is 5.82 Å². The van der Waals surface area contributed by atoms with Crippen LogP contribution in [0.5, 0.6) is 5.75 Å². The van der Waals surface area contributed by atoms with Gasteiger partial charge in [-0.25, -0.2) is 4.39 Å². The Morgan fingerprint density at radius 1 is 1.16 bits per heavy atom. The van der Waals surface area contributed by atoms with E-state index >= 15 is 0 Å². The van der Waals surface area contributed by atoms with Crippen molar-refractivity contribution in [2.75, 3.05) is 5.32 Å². The minimum absolute atomic E-state index is 0.276. The van der Waals surface area contributed by atoms with Gasteiger partial charge in [-0.2, -0.15) is 5.10 Å². The van der Waals surface area contributed by atoms with Crippen molar-refractivity contribution in [3.8, 4) is 5.75 Å². The number of rotatable bonds is 7. The minimum Gasteiger partial charge on any atom is -0.489 e. The molecule has 9 heteroatoms. The van der Waals surface area contributed by atoms with E-state index in [0.29, 0.717) is 28.0 Å². The van der Waals surface area contributed by atoms with E-state index in [1.807, 2.05) is 29.6 Å². The van der Waals surface area contributed by atoms with Gasteiger partial charge in [0.2, 0.25) is 0 Å². The van der Waals surface area contributed by atoms with Crippen molar-refractivity contribution in [1.82, 2.24) is 9.78 Å². The van der Waals surface area contributed by atoms with Crippen LogP contribution in [-0.2, 0) is 13.2 Å². The van der Waals surface area contributed by atoms with Crippen molar-refractivity contribution >= 4 is 50.6 Å². The van der Waals surface area contributed by atoms with Crippen LogP contribution in [0.25, 0.3) is 0 Å². The Hall–Kier alpha value is -2.68. The fraction of sp³-hybridized carbons (Fsp3) is 0.0909. The fourth-order valence-corrected chi connectivity index (χ4v) is 4.03. The molecule has 0 bridgehead atoms. The van der Waals surface area contributed by atoms with E-state index < -0.39 is 0 Å². The number of halogens is 3. The second-order valence-corrected chi connectivity index (χ2v) is 8.90. The Morgan fingerprint density at radius 3 is 2.65 bits per heavy atom. The Bertz CT molecular complexity index is 1190. The molecule has 1 amide bonds. The first-order chi connectivity index (χ1) is 15.0. The molecule has 1 N–H and O–H groups in total. The van der Waals surface area contributed by atoms with Crippen LogP contribution < -0.4 is 10.1 Å². The number of ether oxygens (including phenoxy) is 1. The first-order valence-electron chi connectivity index (χ1n) is 9.21. The average Bonchev–Trinajstić information content (AvgIpc) is 3.36. The number of hydrogen-bond acceptors (Lipinski definition) is 4. The van der Waals surface area contributed by atoms with Crippen LogP contribution in [0.2, 0.25) is 5.02 Å². The molecule has 0 atom stereocenters. The molecule has 4 aromatic rings. The lowest BCUT2D eigenvalue weighted by Crippen LogP contribution is -2.11. The van der Waals surface area contributed by atoms with Crippen LogP contribution in [-0.4, -0.2) is 15.7 Å². The van der Waals surface area contributed by atoms with Crippen molar-refractivity contribution in [2.45, 2.75) is 13.2 Å². The number of anilines is 1. The topological polar surface area (TPSA) is 56.2 Å². The van der Waals surface area contributed by atoms with Gasteiger partial charge in [0.25, 0.3) is 5.91 Å². The van der Waals surface area contributed by atoms with Crippen molar-refractivity contribution in [1.29, 1.82) is 0 Å². The second kappa shape index (κ2) is 9.64. The van der Waals surface area contributed by atoms with Gasteiger partial charge in [-0.15, -0.1) is 11.3 Å². The number of thiophene rings is 1. The normalized spacial score (nSPS) is 10.8. The number of nitrogens with one attached hydrogen (secondary N) is 1. The fourth-order valence-electron chi connectivity index (χ4n) is 2.78. The summed E-state index contributed by atoms with van der Waals surface area (Å²) in [5.74, 6) is 0.247. The number of hydrogen-bond donors (Lipinski definition) is 1. The zero-order valence-electron chi connectivity index (χ0n) is 16.0. The van der Waals surface area contributed by atoms with E-state index in [2.05, 4.69) is 26.3 Å². The number of benzene rings is 2. The second-order valence-electron chi connectivity index (χ2n) is 6.67. The predicted molar refractivity (Wildman–Crippen MR) is 123 cm³/mol. The molecule has 0 saturated heterocycles. The standard InChI is InChI=1S/C22H16BrClFN3O2S/c23-16-3-1-14(2-4-16)10-28-11-19(24)21(27-28)26-22(29)20-9-15(13-31-20)12-30-18-7-5-17(25)6-8-18/h1-9,11,13H,10,12H2,(H,26,27,29). The van der Waals surface area contributed by atoms with Crippen LogP contribution in [0.3, 0.4) is 0 Å². The molecule has 31 heavy (non-hydrogen) atoms. The molecular weight excluding hydrogens is 505 g/mol. The third-order valence-corrected chi connectivity index (χ3v) is 6.09. The molecule has 0 saturated carbocycles. The summed E-state index contributed by atoms with van der Waals surface area (Å²) in [4.78, 5) is 13.1. The maximum atomic E-state index is 13.0. The molecule has 4 rings (SSSR count). The lowest BCUT2D eigenvalue weighted by atomic mass is 10.2.